The fourth-order valence-corrected chi connectivity index (χ4v) is 4.94. The summed E-state index contributed by atoms with van der Waals surface area (Å²) in [4.78, 5) is 13.9. The van der Waals surface area contributed by atoms with E-state index in [1.165, 1.54) is 10.6 Å². The second-order valence-corrected chi connectivity index (χ2v) is 7.75. The molecule has 2 bridgehead atoms. The Kier molecular flexibility index (Phi) is 3.11. The van der Waals surface area contributed by atoms with Crippen LogP contribution >= 0.6 is 0 Å². The molecule has 3 aliphatic heterocycles. The molecule has 3 aliphatic rings. The molecule has 7 heteroatoms. The first-order chi connectivity index (χ1) is 11.0. The quantitative estimate of drug-likeness (QED) is 0.758. The van der Waals surface area contributed by atoms with Crippen molar-refractivity contribution in [2.45, 2.75) is 23.9 Å². The Morgan fingerprint density at radius 1 is 1.17 bits per heavy atom. The molecule has 1 saturated heterocycles. The lowest BCUT2D eigenvalue weighted by atomic mass is 10.1. The van der Waals surface area contributed by atoms with Crippen molar-refractivity contribution in [3.05, 3.63) is 53.9 Å². The molecule has 1 aromatic carbocycles. The zero-order valence-corrected chi connectivity index (χ0v) is 13.4. The Morgan fingerprint density at radius 2 is 1.91 bits per heavy atom. The third kappa shape index (κ3) is 2.11. The average molecular weight is 332 g/mol. The molecule has 6 nitrogen and oxygen atoms in total. The number of hydrogen-bond donors (Lipinski definition) is 0. The highest BCUT2D eigenvalue weighted by atomic mass is 32.2. The SMILES string of the molecule is Cc1ccc(S(=O)(=O)N2C3C=CC2C2=COCC(=O)N2C3)cc1. The monoisotopic (exact) mass is 332 g/mol. The molecule has 2 atom stereocenters. The van der Waals surface area contributed by atoms with Gasteiger partial charge >= 0.3 is 0 Å². The first-order valence-corrected chi connectivity index (χ1v) is 8.83. The number of benzene rings is 1. The number of carbonyl (C=O) groups is 1. The lowest BCUT2D eigenvalue weighted by Crippen LogP contribution is -2.57. The van der Waals surface area contributed by atoms with Gasteiger partial charge in [0.05, 0.1) is 22.7 Å². The molecule has 0 radical (unpaired) electrons. The standard InChI is InChI=1S/C16H16N2O4S/c1-11-2-5-13(6-3-11)23(20,21)18-12-4-7-14(18)15-9-22-10-16(19)17(15)8-12/h2-7,9,12,14H,8,10H2,1H3. The fourth-order valence-electron chi connectivity index (χ4n) is 3.25. The smallest absolute Gasteiger partial charge is 0.264 e. The van der Waals surface area contributed by atoms with Crippen molar-refractivity contribution in [1.82, 2.24) is 9.21 Å². The summed E-state index contributed by atoms with van der Waals surface area (Å²) in [5, 5.41) is 0. The summed E-state index contributed by atoms with van der Waals surface area (Å²) >= 11 is 0. The van der Waals surface area contributed by atoms with Crippen molar-refractivity contribution in [2.24, 2.45) is 0 Å². The van der Waals surface area contributed by atoms with Gasteiger partial charge in [-0.3, -0.25) is 4.79 Å². The van der Waals surface area contributed by atoms with Crippen LogP contribution in [0.1, 0.15) is 5.56 Å². The lowest BCUT2D eigenvalue weighted by Gasteiger charge is -2.42. The summed E-state index contributed by atoms with van der Waals surface area (Å²) in [6, 6.07) is 5.96. The van der Waals surface area contributed by atoms with E-state index in [1.807, 2.05) is 19.1 Å². The maximum atomic E-state index is 13.0. The molecule has 1 aromatic rings. The molecule has 1 amide bonds. The third-order valence-corrected chi connectivity index (χ3v) is 6.33. The highest BCUT2D eigenvalue weighted by Crippen LogP contribution is 2.37. The third-order valence-electron chi connectivity index (χ3n) is 4.41. The highest BCUT2D eigenvalue weighted by Gasteiger charge is 2.48. The first kappa shape index (κ1) is 14.5. The van der Waals surface area contributed by atoms with Crippen molar-refractivity contribution >= 4 is 15.9 Å². The van der Waals surface area contributed by atoms with Gasteiger partial charge in [-0.15, -0.1) is 0 Å². The van der Waals surface area contributed by atoms with E-state index in [0.29, 0.717) is 12.2 Å². The summed E-state index contributed by atoms with van der Waals surface area (Å²) in [5.74, 6) is -0.131. The minimum absolute atomic E-state index is 0.00759. The number of carbonyl (C=O) groups excluding carboxylic acids is 1. The second kappa shape index (κ2) is 4.94. The van der Waals surface area contributed by atoms with E-state index in [1.54, 1.807) is 29.2 Å². The van der Waals surface area contributed by atoms with Crippen LogP contribution in [0.3, 0.4) is 0 Å². The van der Waals surface area contributed by atoms with Gasteiger partial charge in [0.25, 0.3) is 5.91 Å². The van der Waals surface area contributed by atoms with Gasteiger partial charge in [0, 0.05) is 6.54 Å². The molecule has 0 N–H and O–H groups in total. The van der Waals surface area contributed by atoms with Crippen LogP contribution in [0.25, 0.3) is 0 Å². The van der Waals surface area contributed by atoms with Crippen molar-refractivity contribution < 1.29 is 17.9 Å². The number of nitrogens with zero attached hydrogens (tertiary/aromatic N) is 2. The number of sulfonamides is 1. The van der Waals surface area contributed by atoms with E-state index >= 15 is 0 Å². The van der Waals surface area contributed by atoms with Crippen molar-refractivity contribution in [1.29, 1.82) is 0 Å². The van der Waals surface area contributed by atoms with E-state index in [0.717, 1.165) is 5.56 Å². The van der Waals surface area contributed by atoms with E-state index in [9.17, 15) is 13.2 Å². The van der Waals surface area contributed by atoms with E-state index in [-0.39, 0.29) is 23.5 Å². The zero-order valence-electron chi connectivity index (χ0n) is 12.5. The molecular weight excluding hydrogens is 316 g/mol. The number of fused-ring (bicyclic) bond motifs is 4. The van der Waals surface area contributed by atoms with Crippen LogP contribution in [-0.2, 0) is 19.6 Å². The van der Waals surface area contributed by atoms with Crippen molar-refractivity contribution in [2.75, 3.05) is 13.2 Å². The predicted octanol–water partition coefficient (Wildman–Crippen LogP) is 1.01. The number of hydrogen-bond acceptors (Lipinski definition) is 4. The summed E-state index contributed by atoms with van der Waals surface area (Å²) in [6.07, 6.45) is 5.17. The van der Waals surface area contributed by atoms with E-state index < -0.39 is 16.1 Å². The molecule has 0 spiro atoms. The van der Waals surface area contributed by atoms with Gasteiger partial charge in [-0.2, -0.15) is 4.31 Å². The summed E-state index contributed by atoms with van der Waals surface area (Å²) in [7, 11) is -3.65. The Hall–Kier alpha value is -2.12. The molecule has 23 heavy (non-hydrogen) atoms. The van der Waals surface area contributed by atoms with Crippen LogP contribution in [0.15, 0.2) is 53.3 Å². The van der Waals surface area contributed by atoms with Gasteiger partial charge in [0.2, 0.25) is 10.0 Å². The minimum Gasteiger partial charge on any atom is -0.489 e. The van der Waals surface area contributed by atoms with Crippen molar-refractivity contribution in [3.63, 3.8) is 0 Å². The van der Waals surface area contributed by atoms with Crippen LogP contribution < -0.4 is 0 Å². The average Bonchev–Trinajstić information content (AvgIpc) is 2.86. The Balaban J connectivity index is 1.75. The van der Waals surface area contributed by atoms with Gasteiger partial charge in [-0.05, 0) is 19.1 Å². The van der Waals surface area contributed by atoms with Crippen molar-refractivity contribution in [3.8, 4) is 0 Å². The minimum atomic E-state index is -3.65. The maximum absolute atomic E-state index is 13.0. The number of piperazine rings is 1. The molecule has 2 unspecified atom stereocenters. The lowest BCUT2D eigenvalue weighted by molar-refractivity contribution is -0.136. The zero-order chi connectivity index (χ0) is 16.2. The summed E-state index contributed by atoms with van der Waals surface area (Å²) in [6.45, 7) is 2.25. The van der Waals surface area contributed by atoms with Crippen LogP contribution in [0.2, 0.25) is 0 Å². The normalized spacial score (nSPS) is 26.7. The number of amides is 1. The van der Waals surface area contributed by atoms with Gasteiger partial charge in [-0.25, -0.2) is 8.42 Å². The number of aryl methyl sites for hydroxylation is 1. The molecule has 4 rings (SSSR count). The van der Waals surface area contributed by atoms with Crippen LogP contribution in [-0.4, -0.2) is 48.8 Å². The molecule has 0 aromatic heterocycles. The molecule has 0 aliphatic carbocycles. The largest absolute Gasteiger partial charge is 0.489 e. The van der Waals surface area contributed by atoms with E-state index in [2.05, 4.69) is 0 Å². The fraction of sp³-hybridized carbons (Fsp3) is 0.312. The first-order valence-electron chi connectivity index (χ1n) is 7.39. The topological polar surface area (TPSA) is 66.9 Å². The van der Waals surface area contributed by atoms with Gasteiger partial charge in [0.15, 0.2) is 6.61 Å². The molecule has 1 fully saturated rings. The summed E-state index contributed by atoms with van der Waals surface area (Å²) in [5.41, 5.74) is 1.59. The van der Waals surface area contributed by atoms with Crippen LogP contribution in [0, 0.1) is 6.92 Å². The van der Waals surface area contributed by atoms with Gasteiger partial charge < -0.3 is 9.64 Å². The molecule has 3 heterocycles. The Labute approximate surface area is 134 Å². The number of ether oxygens (including phenoxy) is 1. The van der Waals surface area contributed by atoms with Gasteiger partial charge in [-0.1, -0.05) is 29.8 Å². The van der Waals surface area contributed by atoms with Gasteiger partial charge in [0.1, 0.15) is 6.26 Å². The molecular formula is C16H16N2O4S. The van der Waals surface area contributed by atoms with Crippen LogP contribution in [0.4, 0.5) is 0 Å². The number of rotatable bonds is 2. The molecule has 120 valence electrons. The second-order valence-electron chi connectivity index (χ2n) is 5.90. The maximum Gasteiger partial charge on any atom is 0.264 e. The molecule has 0 saturated carbocycles. The highest BCUT2D eigenvalue weighted by molar-refractivity contribution is 7.89. The Morgan fingerprint density at radius 3 is 2.65 bits per heavy atom. The summed E-state index contributed by atoms with van der Waals surface area (Å²) < 4.78 is 32.7. The van der Waals surface area contributed by atoms with E-state index in [4.69, 9.17) is 4.74 Å². The van der Waals surface area contributed by atoms with Crippen LogP contribution in [0.5, 0.6) is 0 Å². The predicted molar refractivity (Wildman–Crippen MR) is 82.7 cm³/mol. The Bertz CT molecular complexity index is 826.